The Balaban J connectivity index is 4.76. The van der Waals surface area contributed by atoms with E-state index in [-0.39, 0.29) is 6.61 Å². The first-order valence-corrected chi connectivity index (χ1v) is 5.16. The number of carboxylic acid groups (broad SMARTS) is 1. The van der Waals surface area contributed by atoms with Gasteiger partial charge in [-0.2, -0.15) is 8.78 Å². The number of carbonyl (C=O) groups is 1. The molecule has 72 valence electrons. The molecule has 0 spiro atoms. The highest BCUT2D eigenvalue weighted by Crippen LogP contribution is 2.57. The molecular formula is C5H9F2O4P. The molecule has 0 amide bonds. The van der Waals surface area contributed by atoms with Crippen molar-refractivity contribution in [3.05, 3.63) is 0 Å². The molecule has 1 unspecified atom stereocenters. The number of aliphatic carboxylic acids is 1. The first kappa shape index (κ1) is 11.5. The zero-order valence-electron chi connectivity index (χ0n) is 6.58. The van der Waals surface area contributed by atoms with Crippen LogP contribution in [0, 0.1) is 0 Å². The van der Waals surface area contributed by atoms with Crippen LogP contribution in [-0.4, -0.2) is 30.0 Å². The summed E-state index contributed by atoms with van der Waals surface area (Å²) in [6.07, 6.45) is 0. The van der Waals surface area contributed by atoms with Gasteiger partial charge >= 0.3 is 11.6 Å². The third-order valence-electron chi connectivity index (χ3n) is 1.14. The summed E-state index contributed by atoms with van der Waals surface area (Å²) in [5.74, 6) is -2.43. The molecular weight excluding hydrogens is 193 g/mol. The van der Waals surface area contributed by atoms with Gasteiger partial charge in [-0.25, -0.2) is 4.79 Å². The average molecular weight is 202 g/mol. The molecule has 0 saturated heterocycles. The van der Waals surface area contributed by atoms with Gasteiger partial charge in [-0.15, -0.1) is 0 Å². The number of hydrogen-bond donors (Lipinski definition) is 1. The summed E-state index contributed by atoms with van der Waals surface area (Å²) in [7, 11) is -4.38. The van der Waals surface area contributed by atoms with Gasteiger partial charge in [0.15, 0.2) is 0 Å². The second kappa shape index (κ2) is 3.49. The van der Waals surface area contributed by atoms with Crippen molar-refractivity contribution in [2.24, 2.45) is 0 Å². The minimum absolute atomic E-state index is 0.212. The van der Waals surface area contributed by atoms with E-state index in [1.165, 1.54) is 6.92 Å². The Morgan fingerprint density at radius 1 is 1.67 bits per heavy atom. The van der Waals surface area contributed by atoms with Crippen LogP contribution in [-0.2, 0) is 13.9 Å². The van der Waals surface area contributed by atoms with Gasteiger partial charge in [-0.1, -0.05) is 0 Å². The summed E-state index contributed by atoms with van der Waals surface area (Å²) in [6, 6.07) is 0. The first-order valence-electron chi connectivity index (χ1n) is 3.09. The standard InChI is InChI=1S/C5H9F2O4P/c1-3-11-12(2,10)5(6,7)4(8)9/h3H2,1-2H3,(H,8,9). The Labute approximate surface area is 68.0 Å². The lowest BCUT2D eigenvalue weighted by molar-refractivity contribution is -0.154. The van der Waals surface area contributed by atoms with Crippen molar-refractivity contribution in [2.45, 2.75) is 12.6 Å². The molecule has 0 heterocycles. The molecule has 7 heteroatoms. The van der Waals surface area contributed by atoms with Crippen LogP contribution in [0.3, 0.4) is 0 Å². The summed E-state index contributed by atoms with van der Waals surface area (Å²) in [5.41, 5.74) is -4.30. The van der Waals surface area contributed by atoms with Gasteiger partial charge < -0.3 is 9.63 Å². The first-order chi connectivity index (χ1) is 5.25. The number of halogens is 2. The van der Waals surface area contributed by atoms with Crippen LogP contribution in [0.1, 0.15) is 6.92 Å². The highest BCUT2D eigenvalue weighted by Gasteiger charge is 2.55. The molecule has 0 aliphatic heterocycles. The predicted octanol–water partition coefficient (Wildman–Crippen LogP) is 1.61. The van der Waals surface area contributed by atoms with Crippen molar-refractivity contribution in [1.29, 1.82) is 0 Å². The lowest BCUT2D eigenvalue weighted by atomic mass is 10.7. The van der Waals surface area contributed by atoms with Gasteiger partial charge in [0.2, 0.25) is 0 Å². The fraction of sp³-hybridized carbons (Fsp3) is 0.800. The number of hydrogen-bond acceptors (Lipinski definition) is 3. The van der Waals surface area contributed by atoms with Crippen LogP contribution >= 0.6 is 7.37 Å². The van der Waals surface area contributed by atoms with E-state index in [9.17, 15) is 18.1 Å². The van der Waals surface area contributed by atoms with E-state index >= 15 is 0 Å². The molecule has 0 aromatic heterocycles. The predicted molar refractivity (Wildman–Crippen MR) is 37.7 cm³/mol. The molecule has 0 aromatic carbocycles. The molecule has 0 aromatic rings. The molecule has 0 fully saturated rings. The van der Waals surface area contributed by atoms with Gasteiger partial charge in [0.25, 0.3) is 7.37 Å². The Morgan fingerprint density at radius 3 is 2.33 bits per heavy atom. The lowest BCUT2D eigenvalue weighted by Crippen LogP contribution is -2.28. The largest absolute Gasteiger partial charge is 0.476 e. The van der Waals surface area contributed by atoms with E-state index in [1.54, 1.807) is 0 Å². The van der Waals surface area contributed by atoms with Crippen LogP contribution in [0.5, 0.6) is 0 Å². The van der Waals surface area contributed by atoms with Crippen LogP contribution in [0.25, 0.3) is 0 Å². The normalized spacial score (nSPS) is 17.0. The average Bonchev–Trinajstić information content (AvgIpc) is 1.86. The van der Waals surface area contributed by atoms with Crippen LogP contribution in [0.4, 0.5) is 8.78 Å². The summed E-state index contributed by atoms with van der Waals surface area (Å²) in [4.78, 5) is 9.94. The molecule has 1 atom stereocenters. The van der Waals surface area contributed by atoms with E-state index in [4.69, 9.17) is 5.11 Å². The second-order valence-corrected chi connectivity index (χ2v) is 4.62. The molecule has 12 heavy (non-hydrogen) atoms. The van der Waals surface area contributed by atoms with Crippen molar-refractivity contribution < 1.29 is 27.8 Å². The molecule has 0 aliphatic carbocycles. The smallest absolute Gasteiger partial charge is 0.414 e. The third-order valence-corrected chi connectivity index (χ3v) is 3.11. The second-order valence-electron chi connectivity index (χ2n) is 2.11. The fourth-order valence-corrected chi connectivity index (χ4v) is 1.50. The topological polar surface area (TPSA) is 63.6 Å². The molecule has 0 saturated carbocycles. The van der Waals surface area contributed by atoms with E-state index in [1.807, 2.05) is 0 Å². The van der Waals surface area contributed by atoms with Crippen LogP contribution in [0.15, 0.2) is 0 Å². The maximum absolute atomic E-state index is 12.5. The van der Waals surface area contributed by atoms with E-state index < -0.39 is 19.0 Å². The van der Waals surface area contributed by atoms with Crippen molar-refractivity contribution in [2.75, 3.05) is 13.3 Å². The van der Waals surface area contributed by atoms with Crippen molar-refractivity contribution in [3.63, 3.8) is 0 Å². The third kappa shape index (κ3) is 2.01. The SMILES string of the molecule is CCOP(C)(=O)C(F)(F)C(=O)O. The zero-order valence-corrected chi connectivity index (χ0v) is 7.48. The lowest BCUT2D eigenvalue weighted by Gasteiger charge is -2.18. The monoisotopic (exact) mass is 202 g/mol. The van der Waals surface area contributed by atoms with Gasteiger partial charge in [0.1, 0.15) is 0 Å². The molecule has 4 nitrogen and oxygen atoms in total. The minimum Gasteiger partial charge on any atom is -0.476 e. The summed E-state index contributed by atoms with van der Waals surface area (Å²) in [5, 5.41) is 8.00. The maximum Gasteiger partial charge on any atom is 0.414 e. The Kier molecular flexibility index (Phi) is 3.35. The quantitative estimate of drug-likeness (QED) is 0.703. The fourth-order valence-electron chi connectivity index (χ4n) is 0.501. The number of alkyl halides is 2. The van der Waals surface area contributed by atoms with Crippen LogP contribution < -0.4 is 0 Å². The number of rotatable bonds is 4. The summed E-state index contributed by atoms with van der Waals surface area (Å²) >= 11 is 0. The zero-order chi connectivity index (χ0) is 9.99. The van der Waals surface area contributed by atoms with E-state index in [0.717, 1.165) is 0 Å². The molecule has 0 bridgehead atoms. The van der Waals surface area contributed by atoms with Crippen LogP contribution in [0.2, 0.25) is 0 Å². The highest BCUT2D eigenvalue weighted by molar-refractivity contribution is 7.60. The van der Waals surface area contributed by atoms with Crippen molar-refractivity contribution in [1.82, 2.24) is 0 Å². The van der Waals surface area contributed by atoms with Crippen molar-refractivity contribution >= 4 is 13.3 Å². The van der Waals surface area contributed by atoms with Gasteiger partial charge in [0, 0.05) is 6.66 Å². The van der Waals surface area contributed by atoms with Gasteiger partial charge in [-0.3, -0.25) is 4.57 Å². The van der Waals surface area contributed by atoms with Gasteiger partial charge in [-0.05, 0) is 6.92 Å². The van der Waals surface area contributed by atoms with E-state index in [2.05, 4.69) is 4.52 Å². The Bertz CT molecular complexity index is 227. The summed E-state index contributed by atoms with van der Waals surface area (Å²) in [6.45, 7) is 1.75. The molecule has 0 aliphatic rings. The highest BCUT2D eigenvalue weighted by atomic mass is 31.2. The van der Waals surface area contributed by atoms with E-state index in [0.29, 0.717) is 6.66 Å². The number of carboxylic acids is 1. The van der Waals surface area contributed by atoms with Crippen molar-refractivity contribution in [3.8, 4) is 0 Å². The van der Waals surface area contributed by atoms with Gasteiger partial charge in [0.05, 0.1) is 6.61 Å². The summed E-state index contributed by atoms with van der Waals surface area (Å²) < 4.78 is 40.2. The Hall–Kier alpha value is -0.480. The molecule has 0 rings (SSSR count). The molecule has 0 radical (unpaired) electrons. The Morgan fingerprint density at radius 2 is 2.08 bits per heavy atom. The minimum atomic E-state index is -4.38. The molecule has 1 N–H and O–H groups in total. The maximum atomic E-state index is 12.5.